The third kappa shape index (κ3) is 3.91. The van der Waals surface area contributed by atoms with Gasteiger partial charge < -0.3 is 5.32 Å². The molecule has 0 aliphatic rings. The Labute approximate surface area is 147 Å². The maximum absolute atomic E-state index is 12.2. The summed E-state index contributed by atoms with van der Waals surface area (Å²) in [4.78, 5) is 16.4. The van der Waals surface area contributed by atoms with Crippen LogP contribution < -0.4 is 5.32 Å². The van der Waals surface area contributed by atoms with E-state index in [4.69, 9.17) is 23.2 Å². The van der Waals surface area contributed by atoms with E-state index >= 15 is 0 Å². The van der Waals surface area contributed by atoms with Gasteiger partial charge in [-0.05, 0) is 52.2 Å². The van der Waals surface area contributed by atoms with Crippen molar-refractivity contribution < 1.29 is 4.79 Å². The fourth-order valence-corrected chi connectivity index (χ4v) is 3.06. The second-order valence-electron chi connectivity index (χ2n) is 4.91. The highest BCUT2D eigenvalue weighted by Crippen LogP contribution is 2.23. The van der Waals surface area contributed by atoms with E-state index in [-0.39, 0.29) is 5.91 Å². The van der Waals surface area contributed by atoms with Gasteiger partial charge in [-0.1, -0.05) is 23.2 Å². The van der Waals surface area contributed by atoms with Crippen molar-refractivity contribution in [2.75, 3.05) is 0 Å². The van der Waals surface area contributed by atoms with E-state index < -0.39 is 0 Å². The largest absolute Gasteiger partial charge is 0.348 e. The summed E-state index contributed by atoms with van der Waals surface area (Å²) in [7, 11) is 0. The molecule has 3 nitrogen and oxygen atoms in total. The average Bonchev–Trinajstić information content (AvgIpc) is 3.10. The third-order valence-corrected chi connectivity index (χ3v) is 4.71. The highest BCUT2D eigenvalue weighted by molar-refractivity contribution is 7.08. The molecule has 0 bridgehead atoms. The number of nitrogens with one attached hydrogen (secondary N) is 1. The molecule has 2 heterocycles. The Morgan fingerprint density at radius 1 is 1.09 bits per heavy atom. The van der Waals surface area contributed by atoms with E-state index in [0.717, 1.165) is 16.7 Å². The lowest BCUT2D eigenvalue weighted by atomic mass is 10.1. The molecule has 0 fully saturated rings. The van der Waals surface area contributed by atoms with Crippen LogP contribution >= 0.6 is 34.5 Å². The van der Waals surface area contributed by atoms with E-state index in [2.05, 4.69) is 15.7 Å². The van der Waals surface area contributed by atoms with Crippen LogP contribution in [0.25, 0.3) is 11.1 Å². The molecule has 0 atom stereocenters. The first-order valence-electron chi connectivity index (χ1n) is 6.83. The van der Waals surface area contributed by atoms with Crippen molar-refractivity contribution in [3.8, 4) is 11.1 Å². The number of rotatable bonds is 4. The number of nitrogens with zero attached hydrogens (tertiary/aromatic N) is 1. The number of carbonyl (C=O) groups excluding carboxylic acids is 1. The molecule has 0 aliphatic carbocycles. The van der Waals surface area contributed by atoms with Crippen LogP contribution in [-0.4, -0.2) is 10.9 Å². The van der Waals surface area contributed by atoms with Crippen LogP contribution in [0.2, 0.25) is 10.0 Å². The molecule has 6 heteroatoms. The van der Waals surface area contributed by atoms with E-state index in [1.54, 1.807) is 35.7 Å². The minimum Gasteiger partial charge on any atom is -0.348 e. The van der Waals surface area contributed by atoms with Gasteiger partial charge in [-0.15, -0.1) is 0 Å². The number of thiophene rings is 1. The molecular formula is C17H12Cl2N2OS. The summed E-state index contributed by atoms with van der Waals surface area (Å²) in [5.74, 6) is -0.204. The minimum absolute atomic E-state index is 0.204. The van der Waals surface area contributed by atoms with Gasteiger partial charge in [0.1, 0.15) is 0 Å². The summed E-state index contributed by atoms with van der Waals surface area (Å²) in [6.07, 6.45) is 3.55. The molecule has 0 aliphatic heterocycles. The number of aromatic nitrogens is 1. The monoisotopic (exact) mass is 362 g/mol. The lowest BCUT2D eigenvalue weighted by molar-refractivity contribution is 0.0951. The van der Waals surface area contributed by atoms with Gasteiger partial charge in [0.05, 0.1) is 10.0 Å². The Hall–Kier alpha value is -1.88. The van der Waals surface area contributed by atoms with Gasteiger partial charge in [-0.3, -0.25) is 9.78 Å². The van der Waals surface area contributed by atoms with Crippen molar-refractivity contribution in [2.24, 2.45) is 0 Å². The number of hydrogen-bond donors (Lipinski definition) is 1. The standard InChI is InChI=1S/C17H12Cl2N2OS/c18-15-2-1-12(6-16(15)19)17(22)21-8-11-5-14(9-20-7-11)13-3-4-23-10-13/h1-7,9-10H,8H2,(H,21,22). The van der Waals surface area contributed by atoms with Crippen LogP contribution in [0.1, 0.15) is 15.9 Å². The van der Waals surface area contributed by atoms with Crippen molar-refractivity contribution in [3.63, 3.8) is 0 Å². The van der Waals surface area contributed by atoms with Crippen molar-refractivity contribution in [3.05, 3.63) is 74.7 Å². The maximum atomic E-state index is 12.2. The van der Waals surface area contributed by atoms with Crippen LogP contribution in [0.4, 0.5) is 0 Å². The fourth-order valence-electron chi connectivity index (χ4n) is 2.09. The predicted molar refractivity (Wildman–Crippen MR) is 95.2 cm³/mol. The molecule has 0 spiro atoms. The van der Waals surface area contributed by atoms with Crippen LogP contribution in [0, 0.1) is 0 Å². The first kappa shape index (κ1) is 16.0. The van der Waals surface area contributed by atoms with Crippen molar-refractivity contribution >= 4 is 40.4 Å². The lowest BCUT2D eigenvalue weighted by Gasteiger charge is -2.07. The number of hydrogen-bond acceptors (Lipinski definition) is 3. The number of amides is 1. The van der Waals surface area contributed by atoms with Gasteiger partial charge in [-0.25, -0.2) is 0 Å². The molecule has 116 valence electrons. The molecular weight excluding hydrogens is 351 g/mol. The van der Waals surface area contributed by atoms with Crippen molar-refractivity contribution in [1.82, 2.24) is 10.3 Å². The Kier molecular flexibility index (Phi) is 4.96. The van der Waals surface area contributed by atoms with Gasteiger partial charge in [-0.2, -0.15) is 11.3 Å². The summed E-state index contributed by atoms with van der Waals surface area (Å²) in [5.41, 5.74) is 3.57. The highest BCUT2D eigenvalue weighted by Gasteiger charge is 2.08. The quantitative estimate of drug-likeness (QED) is 0.705. The number of carbonyl (C=O) groups is 1. The Morgan fingerprint density at radius 3 is 2.70 bits per heavy atom. The number of benzene rings is 1. The summed E-state index contributed by atoms with van der Waals surface area (Å²) in [6, 6.07) is 8.87. The van der Waals surface area contributed by atoms with Gasteiger partial charge in [0.2, 0.25) is 0 Å². The average molecular weight is 363 g/mol. The van der Waals surface area contributed by atoms with Gasteiger partial charge in [0, 0.05) is 30.1 Å². The minimum atomic E-state index is -0.204. The molecule has 23 heavy (non-hydrogen) atoms. The zero-order chi connectivity index (χ0) is 16.2. The van der Waals surface area contributed by atoms with Crippen molar-refractivity contribution in [1.29, 1.82) is 0 Å². The van der Waals surface area contributed by atoms with Crippen LogP contribution in [0.15, 0.2) is 53.5 Å². The van der Waals surface area contributed by atoms with Gasteiger partial charge >= 0.3 is 0 Å². The highest BCUT2D eigenvalue weighted by atomic mass is 35.5. The van der Waals surface area contributed by atoms with E-state index in [1.807, 2.05) is 23.7 Å². The Morgan fingerprint density at radius 2 is 1.96 bits per heavy atom. The van der Waals surface area contributed by atoms with Crippen LogP contribution in [0.5, 0.6) is 0 Å². The van der Waals surface area contributed by atoms with Crippen molar-refractivity contribution in [2.45, 2.75) is 6.54 Å². The summed E-state index contributed by atoms with van der Waals surface area (Å²) < 4.78 is 0. The summed E-state index contributed by atoms with van der Waals surface area (Å²) in [6.45, 7) is 0.393. The predicted octanol–water partition coefficient (Wildman–Crippen LogP) is 5.05. The summed E-state index contributed by atoms with van der Waals surface area (Å²) >= 11 is 13.4. The topological polar surface area (TPSA) is 42.0 Å². The van der Waals surface area contributed by atoms with Gasteiger partial charge in [0.15, 0.2) is 0 Å². The zero-order valence-corrected chi connectivity index (χ0v) is 14.3. The third-order valence-electron chi connectivity index (χ3n) is 3.28. The first-order chi connectivity index (χ1) is 11.1. The van der Waals surface area contributed by atoms with E-state index in [9.17, 15) is 4.79 Å². The van der Waals surface area contributed by atoms with E-state index in [0.29, 0.717) is 22.2 Å². The lowest BCUT2D eigenvalue weighted by Crippen LogP contribution is -2.22. The van der Waals surface area contributed by atoms with Crippen LogP contribution in [-0.2, 0) is 6.54 Å². The SMILES string of the molecule is O=C(NCc1cncc(-c2ccsc2)c1)c1ccc(Cl)c(Cl)c1. The first-order valence-corrected chi connectivity index (χ1v) is 8.53. The van der Waals surface area contributed by atoms with Gasteiger partial charge in [0.25, 0.3) is 5.91 Å². The molecule has 1 aromatic carbocycles. The molecule has 0 saturated carbocycles. The fraction of sp³-hybridized carbons (Fsp3) is 0.0588. The Bertz CT molecular complexity index is 834. The number of halogens is 2. The second-order valence-corrected chi connectivity index (χ2v) is 6.50. The summed E-state index contributed by atoms with van der Waals surface area (Å²) in [5, 5.41) is 7.73. The Balaban J connectivity index is 1.69. The molecule has 1 N–H and O–H groups in total. The second kappa shape index (κ2) is 7.13. The molecule has 2 aromatic heterocycles. The zero-order valence-electron chi connectivity index (χ0n) is 11.9. The maximum Gasteiger partial charge on any atom is 0.251 e. The van der Waals surface area contributed by atoms with E-state index in [1.165, 1.54) is 0 Å². The molecule has 0 saturated heterocycles. The molecule has 3 aromatic rings. The van der Waals surface area contributed by atoms with Crippen LogP contribution in [0.3, 0.4) is 0 Å². The smallest absolute Gasteiger partial charge is 0.251 e. The molecule has 1 amide bonds. The number of pyridine rings is 1. The normalized spacial score (nSPS) is 10.5. The molecule has 3 rings (SSSR count). The molecule has 0 unspecified atom stereocenters. The molecule has 0 radical (unpaired) electrons.